The lowest BCUT2D eigenvalue weighted by molar-refractivity contribution is -0.148. The van der Waals surface area contributed by atoms with E-state index in [1.807, 2.05) is 0 Å². The number of hydrogen-bond donors (Lipinski definition) is 0. The number of piperidine rings is 1. The first kappa shape index (κ1) is 12.7. The van der Waals surface area contributed by atoms with E-state index in [0.717, 1.165) is 11.8 Å². The van der Waals surface area contributed by atoms with E-state index in [1.54, 1.807) is 0 Å². The van der Waals surface area contributed by atoms with Gasteiger partial charge in [-0.15, -0.1) is 0 Å². The van der Waals surface area contributed by atoms with Crippen LogP contribution in [0.2, 0.25) is 0 Å². The molecule has 3 nitrogen and oxygen atoms in total. The van der Waals surface area contributed by atoms with Crippen molar-refractivity contribution in [3.05, 3.63) is 0 Å². The molecule has 1 fully saturated rings. The second-order valence-corrected chi connectivity index (χ2v) is 5.06. The standard InChI is InChI=1S/C11H18BrNO2/c1-8(2)9(6-12)7-13-10(14)4-3-5-11(13)15/h8-9H,3-7H2,1-2H3. The number of halogens is 1. The molecule has 0 aromatic carbocycles. The van der Waals surface area contributed by atoms with Crippen LogP contribution in [0.5, 0.6) is 0 Å². The number of rotatable bonds is 4. The minimum atomic E-state index is -0.00199. The normalized spacial score (nSPS) is 19.9. The molecule has 0 aromatic rings. The summed E-state index contributed by atoms with van der Waals surface area (Å²) in [5.41, 5.74) is 0. The van der Waals surface area contributed by atoms with Gasteiger partial charge in [0.2, 0.25) is 11.8 Å². The maximum atomic E-state index is 11.6. The third-order valence-corrected chi connectivity index (χ3v) is 3.77. The number of imide groups is 1. The predicted molar refractivity (Wildman–Crippen MR) is 62.7 cm³/mol. The molecular formula is C11H18BrNO2. The highest BCUT2D eigenvalue weighted by Crippen LogP contribution is 2.19. The number of nitrogens with zero attached hydrogens (tertiary/aromatic N) is 1. The van der Waals surface area contributed by atoms with Gasteiger partial charge < -0.3 is 0 Å². The molecule has 1 saturated heterocycles. The van der Waals surface area contributed by atoms with E-state index >= 15 is 0 Å². The zero-order chi connectivity index (χ0) is 11.4. The molecule has 1 heterocycles. The lowest BCUT2D eigenvalue weighted by Gasteiger charge is -2.29. The lowest BCUT2D eigenvalue weighted by Crippen LogP contribution is -2.44. The Hall–Kier alpha value is -0.380. The fourth-order valence-corrected chi connectivity index (χ4v) is 2.63. The van der Waals surface area contributed by atoms with Crippen LogP contribution in [0.3, 0.4) is 0 Å². The predicted octanol–water partition coefficient (Wildman–Crippen LogP) is 2.19. The molecule has 4 heteroatoms. The van der Waals surface area contributed by atoms with Gasteiger partial charge >= 0.3 is 0 Å². The third kappa shape index (κ3) is 3.30. The SMILES string of the molecule is CC(C)C(CBr)CN1C(=O)CCCC1=O. The fourth-order valence-electron chi connectivity index (χ4n) is 1.68. The first-order chi connectivity index (χ1) is 7.06. The molecule has 86 valence electrons. The Bertz CT molecular complexity index is 237. The van der Waals surface area contributed by atoms with Gasteiger partial charge in [-0.2, -0.15) is 0 Å². The summed E-state index contributed by atoms with van der Waals surface area (Å²) in [6.45, 7) is 4.80. The summed E-state index contributed by atoms with van der Waals surface area (Å²) in [5, 5.41) is 0.835. The van der Waals surface area contributed by atoms with Gasteiger partial charge in [-0.05, 0) is 18.3 Å². The topological polar surface area (TPSA) is 37.4 Å². The highest BCUT2D eigenvalue weighted by molar-refractivity contribution is 9.09. The maximum absolute atomic E-state index is 11.6. The lowest BCUT2D eigenvalue weighted by atomic mass is 9.96. The second kappa shape index (κ2) is 5.64. The second-order valence-electron chi connectivity index (χ2n) is 4.41. The van der Waals surface area contributed by atoms with Crippen molar-refractivity contribution in [3.63, 3.8) is 0 Å². The Labute approximate surface area is 99.3 Å². The van der Waals surface area contributed by atoms with Gasteiger partial charge in [0.05, 0.1) is 0 Å². The first-order valence-corrected chi connectivity index (χ1v) is 6.57. The van der Waals surface area contributed by atoms with Gasteiger partial charge in [0.15, 0.2) is 0 Å². The van der Waals surface area contributed by atoms with Crippen LogP contribution >= 0.6 is 15.9 Å². The molecule has 0 N–H and O–H groups in total. The van der Waals surface area contributed by atoms with E-state index in [2.05, 4.69) is 29.8 Å². The zero-order valence-corrected chi connectivity index (χ0v) is 10.9. The summed E-state index contributed by atoms with van der Waals surface area (Å²) in [6.07, 6.45) is 1.77. The molecule has 0 spiro atoms. The maximum Gasteiger partial charge on any atom is 0.229 e. The summed E-state index contributed by atoms with van der Waals surface area (Å²) < 4.78 is 0. The monoisotopic (exact) mass is 275 g/mol. The van der Waals surface area contributed by atoms with Crippen LogP contribution in [-0.2, 0) is 9.59 Å². The fraction of sp³-hybridized carbons (Fsp3) is 0.818. The molecular weight excluding hydrogens is 258 g/mol. The quantitative estimate of drug-likeness (QED) is 0.583. The average Bonchev–Trinajstić information content (AvgIpc) is 2.17. The minimum Gasteiger partial charge on any atom is -0.282 e. The molecule has 0 aliphatic carbocycles. The van der Waals surface area contributed by atoms with Crippen molar-refractivity contribution in [2.75, 3.05) is 11.9 Å². The molecule has 1 atom stereocenters. The molecule has 1 unspecified atom stereocenters. The van der Waals surface area contributed by atoms with Crippen molar-refractivity contribution in [1.82, 2.24) is 4.90 Å². The summed E-state index contributed by atoms with van der Waals surface area (Å²) in [6, 6.07) is 0. The average molecular weight is 276 g/mol. The molecule has 0 saturated carbocycles. The Kier molecular flexibility index (Phi) is 4.77. The smallest absolute Gasteiger partial charge is 0.229 e. The van der Waals surface area contributed by atoms with Crippen molar-refractivity contribution in [3.8, 4) is 0 Å². The van der Waals surface area contributed by atoms with Crippen molar-refractivity contribution in [1.29, 1.82) is 0 Å². The van der Waals surface area contributed by atoms with Crippen LogP contribution < -0.4 is 0 Å². The minimum absolute atomic E-state index is 0.00199. The van der Waals surface area contributed by atoms with Gasteiger partial charge in [-0.25, -0.2) is 0 Å². The summed E-state index contributed by atoms with van der Waals surface area (Å²) in [5.74, 6) is 0.832. The van der Waals surface area contributed by atoms with Gasteiger partial charge in [-0.1, -0.05) is 29.8 Å². The van der Waals surface area contributed by atoms with E-state index in [0.29, 0.717) is 31.2 Å². The first-order valence-electron chi connectivity index (χ1n) is 5.45. The van der Waals surface area contributed by atoms with E-state index in [9.17, 15) is 9.59 Å². The van der Waals surface area contributed by atoms with Crippen LogP contribution in [0.1, 0.15) is 33.1 Å². The third-order valence-electron chi connectivity index (χ3n) is 2.94. The highest BCUT2D eigenvalue weighted by Gasteiger charge is 2.28. The molecule has 1 aliphatic rings. The Morgan fingerprint density at radius 2 is 1.80 bits per heavy atom. The summed E-state index contributed by atoms with van der Waals surface area (Å²) in [7, 11) is 0. The largest absolute Gasteiger partial charge is 0.282 e. The molecule has 0 aromatic heterocycles. The number of likely N-dealkylation sites (tertiary alicyclic amines) is 1. The van der Waals surface area contributed by atoms with Gasteiger partial charge in [0, 0.05) is 24.7 Å². The van der Waals surface area contributed by atoms with Crippen molar-refractivity contribution in [2.24, 2.45) is 11.8 Å². The number of alkyl halides is 1. The number of amides is 2. The van der Waals surface area contributed by atoms with Gasteiger partial charge in [-0.3, -0.25) is 14.5 Å². The Morgan fingerprint density at radius 3 is 2.20 bits per heavy atom. The highest BCUT2D eigenvalue weighted by atomic mass is 79.9. The molecule has 1 aliphatic heterocycles. The molecule has 0 radical (unpaired) electrons. The van der Waals surface area contributed by atoms with Crippen LogP contribution in [-0.4, -0.2) is 28.6 Å². The van der Waals surface area contributed by atoms with Crippen molar-refractivity contribution >= 4 is 27.7 Å². The van der Waals surface area contributed by atoms with Gasteiger partial charge in [0.1, 0.15) is 0 Å². The van der Waals surface area contributed by atoms with E-state index < -0.39 is 0 Å². The van der Waals surface area contributed by atoms with Crippen molar-refractivity contribution in [2.45, 2.75) is 33.1 Å². The summed E-state index contributed by atoms with van der Waals surface area (Å²) in [4.78, 5) is 24.6. The van der Waals surface area contributed by atoms with Crippen molar-refractivity contribution < 1.29 is 9.59 Å². The zero-order valence-electron chi connectivity index (χ0n) is 9.33. The van der Waals surface area contributed by atoms with E-state index in [4.69, 9.17) is 0 Å². The number of hydrogen-bond acceptors (Lipinski definition) is 2. The van der Waals surface area contributed by atoms with E-state index in [1.165, 1.54) is 4.90 Å². The molecule has 2 amide bonds. The molecule has 15 heavy (non-hydrogen) atoms. The number of carbonyl (C=O) groups excluding carboxylic acids is 2. The van der Waals surface area contributed by atoms with E-state index in [-0.39, 0.29) is 11.8 Å². The Morgan fingerprint density at radius 1 is 1.27 bits per heavy atom. The summed E-state index contributed by atoms with van der Waals surface area (Å²) >= 11 is 3.43. The van der Waals surface area contributed by atoms with Crippen LogP contribution in [0.25, 0.3) is 0 Å². The van der Waals surface area contributed by atoms with Crippen LogP contribution in [0.4, 0.5) is 0 Å². The van der Waals surface area contributed by atoms with Crippen LogP contribution in [0.15, 0.2) is 0 Å². The molecule has 1 rings (SSSR count). The molecule has 0 bridgehead atoms. The number of carbonyl (C=O) groups is 2. The van der Waals surface area contributed by atoms with Gasteiger partial charge in [0.25, 0.3) is 0 Å². The Balaban J connectivity index is 2.61. The van der Waals surface area contributed by atoms with Crippen LogP contribution in [0, 0.1) is 11.8 Å².